The molecule has 0 radical (unpaired) electrons. The fourth-order valence-electron chi connectivity index (χ4n) is 2.93. The van der Waals surface area contributed by atoms with Crippen LogP contribution in [0.5, 0.6) is 0 Å². The second kappa shape index (κ2) is 8.58. The van der Waals surface area contributed by atoms with Gasteiger partial charge in [-0.25, -0.2) is 9.59 Å². The van der Waals surface area contributed by atoms with Crippen LogP contribution in [0.25, 0.3) is 17.4 Å². The van der Waals surface area contributed by atoms with E-state index in [0.29, 0.717) is 22.6 Å². The van der Waals surface area contributed by atoms with Crippen LogP contribution < -0.4 is 0 Å². The van der Waals surface area contributed by atoms with Crippen molar-refractivity contribution in [2.75, 3.05) is 14.2 Å². The van der Waals surface area contributed by atoms with Crippen LogP contribution in [0, 0.1) is 6.92 Å². The summed E-state index contributed by atoms with van der Waals surface area (Å²) in [7, 11) is 2.50. The number of nitrogens with zero attached hydrogens (tertiary/aromatic N) is 1. The number of imide groups is 1. The van der Waals surface area contributed by atoms with Crippen LogP contribution in [0.3, 0.4) is 0 Å². The van der Waals surface area contributed by atoms with Crippen molar-refractivity contribution in [3.05, 3.63) is 52.1 Å². The lowest BCUT2D eigenvalue weighted by Crippen LogP contribution is -2.42. The monoisotopic (exact) mass is 429 g/mol. The standard InChI is InChI=1S/C21H19NO7S/c1-11-5-6-13(20(25)28-4)9-15(11)16-8-7-14(29-16)10-17-18(23)22(21(26)30-17)12(2)19(24)27-3/h5-10,12H,1-4H3/b17-10+/t12-/m1/s1. The maximum Gasteiger partial charge on any atom is 0.337 e. The lowest BCUT2D eigenvalue weighted by atomic mass is 10.0. The maximum absolute atomic E-state index is 12.6. The fraction of sp³-hybridized carbons (Fsp3) is 0.238. The summed E-state index contributed by atoms with van der Waals surface area (Å²) in [6.45, 7) is 3.30. The highest BCUT2D eigenvalue weighted by Crippen LogP contribution is 2.35. The van der Waals surface area contributed by atoms with Crippen molar-refractivity contribution in [2.45, 2.75) is 19.9 Å². The summed E-state index contributed by atoms with van der Waals surface area (Å²) in [5.74, 6) is -0.892. The van der Waals surface area contributed by atoms with E-state index in [1.165, 1.54) is 27.2 Å². The lowest BCUT2D eigenvalue weighted by molar-refractivity contribution is -0.148. The summed E-state index contributed by atoms with van der Waals surface area (Å²) in [5, 5.41) is -0.558. The molecule has 2 aromatic rings. The molecule has 8 nitrogen and oxygen atoms in total. The smallest absolute Gasteiger partial charge is 0.337 e. The minimum Gasteiger partial charge on any atom is -0.467 e. The molecule has 1 aromatic carbocycles. The Morgan fingerprint density at radius 2 is 1.87 bits per heavy atom. The highest BCUT2D eigenvalue weighted by molar-refractivity contribution is 8.18. The van der Waals surface area contributed by atoms with Crippen LogP contribution in [0.2, 0.25) is 0 Å². The van der Waals surface area contributed by atoms with E-state index < -0.39 is 29.1 Å². The van der Waals surface area contributed by atoms with Crippen molar-refractivity contribution in [1.82, 2.24) is 4.90 Å². The molecule has 1 aliphatic rings. The number of hydrogen-bond donors (Lipinski definition) is 0. The van der Waals surface area contributed by atoms with Crippen LogP contribution >= 0.6 is 11.8 Å². The van der Waals surface area contributed by atoms with E-state index in [0.717, 1.165) is 22.2 Å². The largest absolute Gasteiger partial charge is 0.467 e. The highest BCUT2D eigenvalue weighted by atomic mass is 32.2. The molecular weight excluding hydrogens is 410 g/mol. The molecule has 0 aliphatic carbocycles. The third kappa shape index (κ3) is 4.02. The molecule has 0 spiro atoms. The minimum absolute atomic E-state index is 0.136. The molecule has 1 aromatic heterocycles. The SMILES string of the molecule is COC(=O)c1ccc(C)c(-c2ccc(/C=C3/SC(=O)N([C@H](C)C(=O)OC)C3=O)o2)c1. The second-order valence-corrected chi connectivity index (χ2v) is 7.47. The minimum atomic E-state index is -1.02. The second-order valence-electron chi connectivity index (χ2n) is 6.47. The zero-order chi connectivity index (χ0) is 22.0. The summed E-state index contributed by atoms with van der Waals surface area (Å²) in [5.41, 5.74) is 1.97. The first-order chi connectivity index (χ1) is 14.3. The fourth-order valence-corrected chi connectivity index (χ4v) is 3.81. The maximum atomic E-state index is 12.6. The van der Waals surface area contributed by atoms with Gasteiger partial charge in [-0.15, -0.1) is 0 Å². The summed E-state index contributed by atoms with van der Waals surface area (Å²) < 4.78 is 15.2. The van der Waals surface area contributed by atoms with Gasteiger partial charge in [0.15, 0.2) is 0 Å². The molecule has 3 rings (SSSR count). The van der Waals surface area contributed by atoms with Gasteiger partial charge in [0, 0.05) is 11.6 Å². The number of furan rings is 1. The van der Waals surface area contributed by atoms with Crippen molar-refractivity contribution < 1.29 is 33.1 Å². The number of carbonyl (C=O) groups excluding carboxylic acids is 4. The molecule has 9 heteroatoms. The molecule has 1 atom stereocenters. The molecule has 0 saturated carbocycles. The number of thioether (sulfide) groups is 1. The van der Waals surface area contributed by atoms with E-state index in [4.69, 9.17) is 9.15 Å². The first kappa shape index (κ1) is 21.4. The predicted octanol–water partition coefficient (Wildman–Crippen LogP) is 3.64. The molecular formula is C21H19NO7S. The molecule has 0 unspecified atom stereocenters. The third-order valence-corrected chi connectivity index (χ3v) is 5.46. The Bertz CT molecular complexity index is 1070. The van der Waals surface area contributed by atoms with Gasteiger partial charge in [0.1, 0.15) is 17.6 Å². The van der Waals surface area contributed by atoms with Crippen LogP contribution in [-0.2, 0) is 19.1 Å². The zero-order valence-electron chi connectivity index (χ0n) is 16.8. The zero-order valence-corrected chi connectivity index (χ0v) is 17.6. The van der Waals surface area contributed by atoms with Gasteiger partial charge in [-0.1, -0.05) is 6.07 Å². The summed E-state index contributed by atoms with van der Waals surface area (Å²) in [6.07, 6.45) is 1.44. The number of ether oxygens (including phenoxy) is 2. The van der Waals surface area contributed by atoms with E-state index in [-0.39, 0.29) is 4.91 Å². The van der Waals surface area contributed by atoms with Gasteiger partial charge in [0.2, 0.25) is 0 Å². The predicted molar refractivity (Wildman–Crippen MR) is 110 cm³/mol. The molecule has 1 fully saturated rings. The van der Waals surface area contributed by atoms with Crippen LogP contribution in [0.4, 0.5) is 4.79 Å². The Kier molecular flexibility index (Phi) is 6.12. The molecule has 1 aliphatic heterocycles. The van der Waals surface area contributed by atoms with Gasteiger partial charge < -0.3 is 13.9 Å². The van der Waals surface area contributed by atoms with Crippen molar-refractivity contribution in [2.24, 2.45) is 0 Å². The number of amides is 2. The van der Waals surface area contributed by atoms with Gasteiger partial charge in [0.05, 0.1) is 24.7 Å². The summed E-state index contributed by atoms with van der Waals surface area (Å²) in [6, 6.07) is 7.43. The van der Waals surface area contributed by atoms with E-state index in [9.17, 15) is 19.2 Å². The lowest BCUT2D eigenvalue weighted by Gasteiger charge is -2.18. The molecule has 2 heterocycles. The number of rotatable bonds is 5. The Morgan fingerprint density at radius 3 is 2.53 bits per heavy atom. The van der Waals surface area contributed by atoms with Crippen LogP contribution in [0.15, 0.2) is 39.7 Å². The average Bonchev–Trinajstić information content (AvgIpc) is 3.31. The highest BCUT2D eigenvalue weighted by Gasteiger charge is 2.41. The van der Waals surface area contributed by atoms with Crippen LogP contribution in [-0.4, -0.2) is 48.2 Å². The van der Waals surface area contributed by atoms with E-state index >= 15 is 0 Å². The summed E-state index contributed by atoms with van der Waals surface area (Å²) >= 11 is 0.720. The number of esters is 2. The Balaban J connectivity index is 1.88. The topological polar surface area (TPSA) is 103 Å². The van der Waals surface area contributed by atoms with Crippen molar-refractivity contribution in [1.29, 1.82) is 0 Å². The first-order valence-electron chi connectivity index (χ1n) is 8.91. The average molecular weight is 429 g/mol. The van der Waals surface area contributed by atoms with Gasteiger partial charge in [-0.05, 0) is 55.4 Å². The van der Waals surface area contributed by atoms with Crippen LogP contribution in [0.1, 0.15) is 28.6 Å². The molecule has 1 saturated heterocycles. The van der Waals surface area contributed by atoms with E-state index in [1.807, 2.05) is 6.92 Å². The quantitative estimate of drug-likeness (QED) is 0.524. The number of hydrogen-bond acceptors (Lipinski definition) is 8. The Labute approximate surface area is 176 Å². The molecule has 0 bridgehead atoms. The molecule has 0 N–H and O–H groups in total. The molecule has 30 heavy (non-hydrogen) atoms. The van der Waals surface area contributed by atoms with Gasteiger partial charge in [-0.2, -0.15) is 0 Å². The van der Waals surface area contributed by atoms with Crippen molar-refractivity contribution in [3.8, 4) is 11.3 Å². The Hall–Kier alpha value is -3.33. The first-order valence-corrected chi connectivity index (χ1v) is 9.72. The van der Waals surface area contributed by atoms with Gasteiger partial charge in [0.25, 0.3) is 11.1 Å². The number of carbonyl (C=O) groups is 4. The van der Waals surface area contributed by atoms with E-state index in [2.05, 4.69) is 4.74 Å². The molecule has 156 valence electrons. The van der Waals surface area contributed by atoms with Gasteiger partial charge >= 0.3 is 11.9 Å². The molecule has 2 amide bonds. The van der Waals surface area contributed by atoms with Crippen molar-refractivity contribution in [3.63, 3.8) is 0 Å². The Morgan fingerprint density at radius 1 is 1.13 bits per heavy atom. The summed E-state index contributed by atoms with van der Waals surface area (Å²) in [4.78, 5) is 49.3. The third-order valence-electron chi connectivity index (χ3n) is 4.58. The number of aryl methyl sites for hydroxylation is 1. The van der Waals surface area contributed by atoms with Gasteiger partial charge in [-0.3, -0.25) is 14.5 Å². The normalized spacial score (nSPS) is 16.1. The van der Waals surface area contributed by atoms with E-state index in [1.54, 1.807) is 30.3 Å². The number of methoxy groups -OCH3 is 2. The number of benzene rings is 1. The van der Waals surface area contributed by atoms with Crippen molar-refractivity contribution >= 4 is 40.9 Å².